The molecule has 140 valence electrons. The van der Waals surface area contributed by atoms with Crippen molar-refractivity contribution < 1.29 is 9.32 Å². The Kier molecular flexibility index (Phi) is 4.86. The molecule has 1 aromatic carbocycles. The zero-order chi connectivity index (χ0) is 19.5. The van der Waals surface area contributed by atoms with Crippen LogP contribution in [0.1, 0.15) is 22.1 Å². The Hall–Kier alpha value is -3.52. The van der Waals surface area contributed by atoms with E-state index in [2.05, 4.69) is 25.5 Å². The lowest BCUT2D eigenvalue weighted by atomic mass is 10.2. The Morgan fingerprint density at radius 1 is 1.21 bits per heavy atom. The second-order valence-corrected chi connectivity index (χ2v) is 6.41. The maximum Gasteiger partial charge on any atom is 0.316 e. The summed E-state index contributed by atoms with van der Waals surface area (Å²) in [6.45, 7) is 2.10. The number of amides is 1. The molecule has 4 aromatic rings. The van der Waals surface area contributed by atoms with Gasteiger partial charge in [0.2, 0.25) is 5.82 Å². The number of carbonyl (C=O) groups excluding carboxylic acids is 1. The molecule has 0 aliphatic carbocycles. The summed E-state index contributed by atoms with van der Waals surface area (Å²) in [7, 11) is 0. The molecule has 0 saturated heterocycles. The van der Waals surface area contributed by atoms with Crippen molar-refractivity contribution in [3.8, 4) is 17.1 Å². The lowest BCUT2D eigenvalue weighted by molar-refractivity contribution is 0.0906. The Morgan fingerprint density at radius 3 is 2.79 bits per heavy atom. The average Bonchev–Trinajstić information content (AvgIpc) is 3.34. The predicted octanol–water partition coefficient (Wildman–Crippen LogP) is 3.21. The average molecular weight is 395 g/mol. The molecule has 0 bridgehead atoms. The monoisotopic (exact) mass is 394 g/mol. The van der Waals surface area contributed by atoms with Gasteiger partial charge in [-0.3, -0.25) is 9.78 Å². The third-order valence-corrected chi connectivity index (χ3v) is 4.26. The van der Waals surface area contributed by atoms with Crippen LogP contribution in [0.3, 0.4) is 0 Å². The van der Waals surface area contributed by atoms with E-state index in [1.807, 2.05) is 37.3 Å². The molecule has 0 atom stereocenters. The van der Waals surface area contributed by atoms with Crippen molar-refractivity contribution in [3.63, 3.8) is 0 Å². The Morgan fingerprint density at radius 2 is 2.04 bits per heavy atom. The lowest BCUT2D eigenvalue weighted by Crippen LogP contribution is -2.23. The number of hydrogen-bond donors (Lipinski definition) is 1. The van der Waals surface area contributed by atoms with Crippen LogP contribution in [0.15, 0.2) is 59.4 Å². The predicted molar refractivity (Wildman–Crippen MR) is 102 cm³/mol. The Bertz CT molecular complexity index is 1110. The van der Waals surface area contributed by atoms with Crippen molar-refractivity contribution in [2.45, 2.75) is 13.5 Å². The number of pyridine rings is 1. The quantitative estimate of drug-likeness (QED) is 0.558. The molecule has 0 unspecified atom stereocenters. The first-order valence-corrected chi connectivity index (χ1v) is 8.82. The van der Waals surface area contributed by atoms with Gasteiger partial charge in [0, 0.05) is 17.4 Å². The first-order valence-electron chi connectivity index (χ1n) is 8.44. The molecule has 8 nitrogen and oxygen atoms in total. The standard InChI is InChI=1S/C19H15ClN6O2/c1-12-16(11-26(24-12)15-7-5-13(20)6-8-15)17-23-19(28-25-17)18(27)22-10-14-4-2-3-9-21-14/h2-9,11H,10H2,1H3,(H,22,27). The third-order valence-electron chi connectivity index (χ3n) is 4.01. The fourth-order valence-electron chi connectivity index (χ4n) is 2.58. The largest absolute Gasteiger partial charge is 0.342 e. The molecule has 3 heterocycles. The summed E-state index contributed by atoms with van der Waals surface area (Å²) in [4.78, 5) is 20.6. The van der Waals surface area contributed by atoms with Crippen molar-refractivity contribution in [3.05, 3.63) is 77.2 Å². The highest BCUT2D eigenvalue weighted by Crippen LogP contribution is 2.22. The number of halogens is 1. The van der Waals surface area contributed by atoms with Crippen LogP contribution in [0, 0.1) is 6.92 Å². The SMILES string of the molecule is Cc1nn(-c2ccc(Cl)cc2)cc1-c1noc(C(=O)NCc2ccccn2)n1. The number of aryl methyl sites for hydroxylation is 1. The molecule has 9 heteroatoms. The molecule has 0 fully saturated rings. The maximum absolute atomic E-state index is 12.2. The van der Waals surface area contributed by atoms with Gasteiger partial charge < -0.3 is 9.84 Å². The summed E-state index contributed by atoms with van der Waals surface area (Å²) in [5, 5.41) is 11.7. The van der Waals surface area contributed by atoms with E-state index in [1.54, 1.807) is 29.2 Å². The summed E-state index contributed by atoms with van der Waals surface area (Å²) in [6.07, 6.45) is 3.44. The second kappa shape index (κ2) is 7.61. The first-order chi connectivity index (χ1) is 13.6. The van der Waals surface area contributed by atoms with Gasteiger partial charge in [0.1, 0.15) is 0 Å². The van der Waals surface area contributed by atoms with E-state index in [0.717, 1.165) is 11.4 Å². The van der Waals surface area contributed by atoms with Crippen LogP contribution in [0.25, 0.3) is 17.1 Å². The van der Waals surface area contributed by atoms with E-state index in [4.69, 9.17) is 16.1 Å². The van der Waals surface area contributed by atoms with E-state index in [0.29, 0.717) is 22.1 Å². The van der Waals surface area contributed by atoms with E-state index in [1.165, 1.54) is 0 Å². The summed E-state index contributed by atoms with van der Waals surface area (Å²) >= 11 is 5.92. The fourth-order valence-corrected chi connectivity index (χ4v) is 2.71. The molecule has 0 radical (unpaired) electrons. The van der Waals surface area contributed by atoms with Gasteiger partial charge in [-0.25, -0.2) is 4.68 Å². The van der Waals surface area contributed by atoms with Gasteiger partial charge in [-0.1, -0.05) is 22.8 Å². The maximum atomic E-state index is 12.2. The van der Waals surface area contributed by atoms with Crippen molar-refractivity contribution in [2.24, 2.45) is 0 Å². The summed E-state index contributed by atoms with van der Waals surface area (Å²) in [5.41, 5.74) is 2.95. The van der Waals surface area contributed by atoms with Crippen LogP contribution < -0.4 is 5.32 Å². The molecule has 1 amide bonds. The van der Waals surface area contributed by atoms with Crippen molar-refractivity contribution in [2.75, 3.05) is 0 Å². The van der Waals surface area contributed by atoms with Gasteiger partial charge in [0.05, 0.1) is 29.2 Å². The highest BCUT2D eigenvalue weighted by Gasteiger charge is 2.19. The first kappa shape index (κ1) is 17.9. The molecule has 3 aromatic heterocycles. The van der Waals surface area contributed by atoms with Crippen LogP contribution in [0.5, 0.6) is 0 Å². The molecule has 0 saturated carbocycles. The number of hydrogen-bond acceptors (Lipinski definition) is 6. The molecule has 4 rings (SSSR count). The minimum absolute atomic E-state index is 0.121. The van der Waals surface area contributed by atoms with Gasteiger partial charge >= 0.3 is 11.8 Å². The second-order valence-electron chi connectivity index (χ2n) is 5.98. The molecular weight excluding hydrogens is 380 g/mol. The number of benzene rings is 1. The Labute approximate surface area is 165 Å². The highest BCUT2D eigenvalue weighted by atomic mass is 35.5. The molecule has 0 aliphatic rings. The number of nitrogens with one attached hydrogen (secondary N) is 1. The summed E-state index contributed by atoms with van der Waals surface area (Å²) in [5.74, 6) is -0.294. The third kappa shape index (κ3) is 3.77. The number of nitrogens with zero attached hydrogens (tertiary/aromatic N) is 5. The molecule has 0 spiro atoms. The fraction of sp³-hybridized carbons (Fsp3) is 0.105. The van der Waals surface area contributed by atoms with Crippen LogP contribution in [-0.4, -0.2) is 30.8 Å². The molecule has 0 aliphatic heterocycles. The smallest absolute Gasteiger partial charge is 0.316 e. The highest BCUT2D eigenvalue weighted by molar-refractivity contribution is 6.30. The van der Waals surface area contributed by atoms with Crippen LogP contribution in [0.4, 0.5) is 0 Å². The van der Waals surface area contributed by atoms with E-state index >= 15 is 0 Å². The van der Waals surface area contributed by atoms with Crippen molar-refractivity contribution in [1.29, 1.82) is 0 Å². The van der Waals surface area contributed by atoms with Crippen LogP contribution in [0.2, 0.25) is 5.02 Å². The Balaban J connectivity index is 1.51. The minimum Gasteiger partial charge on any atom is -0.342 e. The number of aromatic nitrogens is 5. The zero-order valence-electron chi connectivity index (χ0n) is 14.8. The van der Waals surface area contributed by atoms with Gasteiger partial charge in [0.25, 0.3) is 0 Å². The zero-order valence-corrected chi connectivity index (χ0v) is 15.6. The summed E-state index contributed by atoms with van der Waals surface area (Å²) < 4.78 is 6.80. The van der Waals surface area contributed by atoms with E-state index in [9.17, 15) is 4.79 Å². The minimum atomic E-state index is -0.466. The van der Waals surface area contributed by atoms with Crippen molar-refractivity contribution >= 4 is 17.5 Å². The van der Waals surface area contributed by atoms with E-state index < -0.39 is 5.91 Å². The number of rotatable bonds is 5. The van der Waals surface area contributed by atoms with Gasteiger partial charge in [-0.05, 0) is 43.3 Å². The molecule has 28 heavy (non-hydrogen) atoms. The topological polar surface area (TPSA) is 98.7 Å². The lowest BCUT2D eigenvalue weighted by Gasteiger charge is -2.00. The van der Waals surface area contributed by atoms with Crippen molar-refractivity contribution in [1.82, 2.24) is 30.2 Å². The molecular formula is C19H15ClN6O2. The number of carbonyl (C=O) groups is 1. The van der Waals surface area contributed by atoms with Gasteiger partial charge in [0.15, 0.2) is 0 Å². The summed E-state index contributed by atoms with van der Waals surface area (Å²) in [6, 6.07) is 12.7. The normalized spacial score (nSPS) is 10.8. The molecule has 1 N–H and O–H groups in total. The van der Waals surface area contributed by atoms with Gasteiger partial charge in [-0.2, -0.15) is 10.1 Å². The van der Waals surface area contributed by atoms with E-state index in [-0.39, 0.29) is 12.4 Å². The van der Waals surface area contributed by atoms with Gasteiger partial charge in [-0.15, -0.1) is 0 Å². The van der Waals surface area contributed by atoms with Crippen LogP contribution in [-0.2, 0) is 6.54 Å². The van der Waals surface area contributed by atoms with Crippen LogP contribution >= 0.6 is 11.6 Å².